The van der Waals surface area contributed by atoms with Crippen molar-refractivity contribution in [3.63, 3.8) is 0 Å². The van der Waals surface area contributed by atoms with Crippen LogP contribution < -0.4 is 0 Å². The van der Waals surface area contributed by atoms with Gasteiger partial charge in [0.1, 0.15) is 11.3 Å². The predicted octanol–water partition coefficient (Wildman–Crippen LogP) is 6.06. The van der Waals surface area contributed by atoms with Crippen molar-refractivity contribution in [2.24, 2.45) is 0 Å². The van der Waals surface area contributed by atoms with Crippen LogP contribution in [0.4, 0.5) is 0 Å². The highest BCUT2D eigenvalue weighted by atomic mass is 16.3. The fourth-order valence-electron chi connectivity index (χ4n) is 3.19. The fraction of sp³-hybridized carbons (Fsp3) is 0.0455. The van der Waals surface area contributed by atoms with Gasteiger partial charge in [0.2, 0.25) is 0 Å². The van der Waals surface area contributed by atoms with E-state index < -0.39 is 0 Å². The van der Waals surface area contributed by atoms with Crippen LogP contribution >= 0.6 is 0 Å². The van der Waals surface area contributed by atoms with E-state index in [1.807, 2.05) is 55.5 Å². The van der Waals surface area contributed by atoms with Crippen molar-refractivity contribution in [2.45, 2.75) is 6.92 Å². The van der Waals surface area contributed by atoms with Gasteiger partial charge in [-0.15, -0.1) is 0 Å². The second-order valence-corrected chi connectivity index (χ2v) is 6.26. The number of aromatic amines is 1. The zero-order valence-corrected chi connectivity index (χ0v) is 14.2. The number of nitrogens with zero attached hydrogens (tertiary/aromatic N) is 1. The van der Waals surface area contributed by atoms with Crippen LogP contribution in [0.2, 0.25) is 0 Å². The van der Waals surface area contributed by atoms with Crippen LogP contribution in [0.3, 0.4) is 0 Å². The molecule has 2 aromatic carbocycles. The van der Waals surface area contributed by atoms with E-state index in [4.69, 9.17) is 13.8 Å². The monoisotopic (exact) mass is 340 g/mol. The van der Waals surface area contributed by atoms with Crippen LogP contribution in [0.1, 0.15) is 5.69 Å². The average molecular weight is 340 g/mol. The summed E-state index contributed by atoms with van der Waals surface area (Å²) >= 11 is 0. The molecule has 5 rings (SSSR count). The Morgan fingerprint density at radius 2 is 1.69 bits per heavy atom. The van der Waals surface area contributed by atoms with Gasteiger partial charge in [0.15, 0.2) is 11.6 Å². The molecule has 4 nitrogen and oxygen atoms in total. The van der Waals surface area contributed by atoms with E-state index >= 15 is 0 Å². The van der Waals surface area contributed by atoms with Gasteiger partial charge in [0.05, 0.1) is 12.0 Å². The molecule has 0 aliphatic heterocycles. The molecule has 0 radical (unpaired) electrons. The maximum Gasteiger partial charge on any atom is 0.174 e. The van der Waals surface area contributed by atoms with E-state index in [1.165, 1.54) is 0 Å². The number of benzene rings is 2. The third-order valence-corrected chi connectivity index (χ3v) is 4.51. The normalized spacial score (nSPS) is 11.3. The lowest BCUT2D eigenvalue weighted by Crippen LogP contribution is -1.79. The van der Waals surface area contributed by atoms with Crippen molar-refractivity contribution >= 4 is 11.0 Å². The zero-order valence-electron chi connectivity index (χ0n) is 14.2. The van der Waals surface area contributed by atoms with Gasteiger partial charge in [-0.2, -0.15) is 0 Å². The van der Waals surface area contributed by atoms with Gasteiger partial charge in [0, 0.05) is 22.2 Å². The van der Waals surface area contributed by atoms with Crippen molar-refractivity contribution in [3.8, 4) is 34.2 Å². The summed E-state index contributed by atoms with van der Waals surface area (Å²) in [5.74, 6) is 2.26. The summed E-state index contributed by atoms with van der Waals surface area (Å²) < 4.78 is 11.5. The van der Waals surface area contributed by atoms with E-state index in [0.717, 1.165) is 50.8 Å². The molecule has 26 heavy (non-hydrogen) atoms. The number of aryl methyl sites for hydroxylation is 1. The van der Waals surface area contributed by atoms with Gasteiger partial charge in [-0.3, -0.25) is 0 Å². The first-order valence-corrected chi connectivity index (χ1v) is 8.48. The van der Waals surface area contributed by atoms with Crippen LogP contribution in [-0.2, 0) is 0 Å². The molecule has 0 atom stereocenters. The molecule has 0 aliphatic carbocycles. The standard InChI is InChI=1S/C22H16N2O2/c1-14-21(15-5-3-2-4-6-15)24-22(23-14)20-10-9-19(26-20)16-7-8-18-17(13-16)11-12-25-18/h2-13H,1H3,(H,23,24). The van der Waals surface area contributed by atoms with Crippen LogP contribution in [-0.4, -0.2) is 9.97 Å². The number of hydrogen-bond acceptors (Lipinski definition) is 3. The third kappa shape index (κ3) is 2.43. The Bertz CT molecular complexity index is 1200. The Morgan fingerprint density at radius 3 is 2.58 bits per heavy atom. The first-order valence-electron chi connectivity index (χ1n) is 8.48. The van der Waals surface area contributed by atoms with Gasteiger partial charge in [-0.1, -0.05) is 30.3 Å². The summed E-state index contributed by atoms with van der Waals surface area (Å²) in [5, 5.41) is 1.06. The van der Waals surface area contributed by atoms with E-state index in [0.29, 0.717) is 0 Å². The van der Waals surface area contributed by atoms with E-state index in [2.05, 4.69) is 23.2 Å². The van der Waals surface area contributed by atoms with E-state index in [1.54, 1.807) is 6.26 Å². The molecule has 1 N–H and O–H groups in total. The molecule has 0 amide bonds. The maximum absolute atomic E-state index is 6.06. The highest BCUT2D eigenvalue weighted by Crippen LogP contribution is 2.31. The van der Waals surface area contributed by atoms with Gasteiger partial charge in [-0.05, 0) is 43.3 Å². The van der Waals surface area contributed by atoms with E-state index in [-0.39, 0.29) is 0 Å². The lowest BCUT2D eigenvalue weighted by Gasteiger charge is -1.97. The molecule has 5 aromatic rings. The maximum atomic E-state index is 6.06. The minimum absolute atomic E-state index is 0.720. The van der Waals surface area contributed by atoms with Crippen molar-refractivity contribution in [1.29, 1.82) is 0 Å². The van der Waals surface area contributed by atoms with Gasteiger partial charge in [-0.25, -0.2) is 4.98 Å². The first kappa shape index (κ1) is 14.8. The highest BCUT2D eigenvalue weighted by Gasteiger charge is 2.14. The molecule has 0 saturated carbocycles. The summed E-state index contributed by atoms with van der Waals surface area (Å²) in [6.07, 6.45) is 1.69. The summed E-state index contributed by atoms with van der Waals surface area (Å²) in [6.45, 7) is 2.02. The summed E-state index contributed by atoms with van der Waals surface area (Å²) in [6, 6.07) is 22.0. The van der Waals surface area contributed by atoms with Crippen LogP contribution in [0, 0.1) is 6.92 Å². The number of furan rings is 2. The quantitative estimate of drug-likeness (QED) is 0.434. The van der Waals surface area contributed by atoms with Crippen molar-refractivity contribution in [2.75, 3.05) is 0 Å². The van der Waals surface area contributed by atoms with E-state index in [9.17, 15) is 0 Å². The van der Waals surface area contributed by atoms with Gasteiger partial charge in [0.25, 0.3) is 0 Å². The highest BCUT2D eigenvalue weighted by molar-refractivity contribution is 5.82. The number of imidazole rings is 1. The van der Waals surface area contributed by atoms with Crippen LogP contribution in [0.15, 0.2) is 81.8 Å². The Morgan fingerprint density at radius 1 is 0.846 bits per heavy atom. The smallest absolute Gasteiger partial charge is 0.174 e. The largest absolute Gasteiger partial charge is 0.464 e. The second kappa shape index (κ2) is 5.77. The number of fused-ring (bicyclic) bond motifs is 1. The Kier molecular flexibility index (Phi) is 3.28. The van der Waals surface area contributed by atoms with Crippen molar-refractivity contribution in [3.05, 3.63) is 78.7 Å². The van der Waals surface area contributed by atoms with Crippen LogP contribution in [0.5, 0.6) is 0 Å². The first-order chi connectivity index (χ1) is 12.8. The average Bonchev–Trinajstić information content (AvgIpc) is 3.40. The van der Waals surface area contributed by atoms with Crippen molar-refractivity contribution < 1.29 is 8.83 Å². The molecule has 0 unspecified atom stereocenters. The lowest BCUT2D eigenvalue weighted by atomic mass is 10.1. The van der Waals surface area contributed by atoms with Gasteiger partial charge >= 0.3 is 0 Å². The van der Waals surface area contributed by atoms with Crippen LogP contribution in [0.25, 0.3) is 45.1 Å². The summed E-state index contributed by atoms with van der Waals surface area (Å²) in [7, 11) is 0. The second-order valence-electron chi connectivity index (χ2n) is 6.26. The minimum atomic E-state index is 0.720. The summed E-state index contributed by atoms with van der Waals surface area (Å²) in [5.41, 5.74) is 4.93. The molecule has 0 spiro atoms. The SMILES string of the molecule is Cc1[nH]c(-c2ccc(-c3ccc4occc4c3)o2)nc1-c1ccccc1. The third-order valence-electron chi connectivity index (χ3n) is 4.51. The molecular formula is C22H16N2O2. The number of rotatable bonds is 3. The Labute approximate surface area is 150 Å². The molecule has 126 valence electrons. The zero-order chi connectivity index (χ0) is 17.5. The molecule has 0 saturated heterocycles. The molecule has 0 fully saturated rings. The number of H-pyrrole nitrogens is 1. The fourth-order valence-corrected chi connectivity index (χ4v) is 3.19. The predicted molar refractivity (Wildman–Crippen MR) is 102 cm³/mol. The van der Waals surface area contributed by atoms with Gasteiger partial charge < -0.3 is 13.8 Å². The Hall–Kier alpha value is -3.53. The topological polar surface area (TPSA) is 55.0 Å². The molecular weight excluding hydrogens is 324 g/mol. The molecule has 0 aliphatic rings. The molecule has 4 heteroatoms. The minimum Gasteiger partial charge on any atom is -0.464 e. The lowest BCUT2D eigenvalue weighted by molar-refractivity contribution is 0.593. The van der Waals surface area contributed by atoms with Crippen molar-refractivity contribution in [1.82, 2.24) is 9.97 Å². The summed E-state index contributed by atoms with van der Waals surface area (Å²) in [4.78, 5) is 8.06. The molecule has 3 aromatic heterocycles. The number of nitrogens with one attached hydrogen (secondary N) is 1. The number of aromatic nitrogens is 2. The molecule has 0 bridgehead atoms. The Balaban J connectivity index is 1.52. The number of hydrogen-bond donors (Lipinski definition) is 1. The molecule has 3 heterocycles.